The molecular formula is C20H30N2O3. The van der Waals surface area contributed by atoms with E-state index in [1.54, 1.807) is 0 Å². The molecule has 2 fully saturated rings. The van der Waals surface area contributed by atoms with E-state index in [0.717, 1.165) is 25.7 Å². The van der Waals surface area contributed by atoms with E-state index < -0.39 is 6.04 Å². The number of carbonyl (C=O) groups is 3. The average molecular weight is 346 g/mol. The fraction of sp³-hybridized carbons (Fsp3) is 0.750. The number of rotatable bonds is 5. The van der Waals surface area contributed by atoms with Crippen LogP contribution in [0.15, 0.2) is 12.2 Å². The van der Waals surface area contributed by atoms with Crippen LogP contribution in [-0.2, 0) is 14.4 Å². The quantitative estimate of drug-likeness (QED) is 0.615. The molecule has 3 rings (SSSR count). The zero-order valence-corrected chi connectivity index (χ0v) is 15.4. The lowest BCUT2D eigenvalue weighted by atomic mass is 9.85. The van der Waals surface area contributed by atoms with Gasteiger partial charge in [-0.15, -0.1) is 0 Å². The Balaban J connectivity index is 1.76. The van der Waals surface area contributed by atoms with Crippen molar-refractivity contribution >= 4 is 17.7 Å². The molecule has 0 aromatic heterocycles. The van der Waals surface area contributed by atoms with Crippen molar-refractivity contribution in [3.8, 4) is 0 Å². The van der Waals surface area contributed by atoms with E-state index in [2.05, 4.69) is 5.32 Å². The van der Waals surface area contributed by atoms with Gasteiger partial charge < -0.3 is 5.32 Å². The van der Waals surface area contributed by atoms with Crippen LogP contribution >= 0.6 is 0 Å². The SMILES string of the molecule is CC(C)CC(C(=O)NC1CCCCC1)N1C(=O)C2CC=CCC2C1=O. The summed E-state index contributed by atoms with van der Waals surface area (Å²) in [7, 11) is 0. The number of carbonyl (C=O) groups excluding carboxylic acids is 3. The summed E-state index contributed by atoms with van der Waals surface area (Å²) in [5, 5.41) is 3.12. The molecule has 5 nitrogen and oxygen atoms in total. The highest BCUT2D eigenvalue weighted by atomic mass is 16.2. The maximum Gasteiger partial charge on any atom is 0.243 e. The van der Waals surface area contributed by atoms with Gasteiger partial charge in [0.2, 0.25) is 17.7 Å². The smallest absolute Gasteiger partial charge is 0.243 e. The Morgan fingerprint density at radius 2 is 1.64 bits per heavy atom. The van der Waals surface area contributed by atoms with Crippen LogP contribution in [0.25, 0.3) is 0 Å². The molecule has 0 aromatic carbocycles. The van der Waals surface area contributed by atoms with Crippen LogP contribution in [0, 0.1) is 17.8 Å². The third kappa shape index (κ3) is 3.80. The molecule has 25 heavy (non-hydrogen) atoms. The number of amides is 3. The van der Waals surface area contributed by atoms with Gasteiger partial charge in [-0.05, 0) is 38.0 Å². The molecule has 1 N–H and O–H groups in total. The minimum Gasteiger partial charge on any atom is -0.352 e. The monoisotopic (exact) mass is 346 g/mol. The van der Waals surface area contributed by atoms with Crippen LogP contribution in [0.4, 0.5) is 0 Å². The highest BCUT2D eigenvalue weighted by molar-refractivity contribution is 6.08. The molecule has 3 amide bonds. The molecule has 1 saturated carbocycles. The van der Waals surface area contributed by atoms with E-state index in [0.29, 0.717) is 19.3 Å². The molecule has 0 bridgehead atoms. The molecule has 1 saturated heterocycles. The topological polar surface area (TPSA) is 66.5 Å². The van der Waals surface area contributed by atoms with Crippen molar-refractivity contribution in [3.05, 3.63) is 12.2 Å². The summed E-state index contributed by atoms with van der Waals surface area (Å²) in [6.45, 7) is 4.06. The lowest BCUT2D eigenvalue weighted by Crippen LogP contribution is -2.53. The van der Waals surface area contributed by atoms with Crippen molar-refractivity contribution in [1.82, 2.24) is 10.2 Å². The summed E-state index contributed by atoms with van der Waals surface area (Å²) in [5.74, 6) is -0.741. The number of nitrogens with one attached hydrogen (secondary N) is 1. The summed E-state index contributed by atoms with van der Waals surface area (Å²) >= 11 is 0. The van der Waals surface area contributed by atoms with Crippen LogP contribution in [0.3, 0.4) is 0 Å². The van der Waals surface area contributed by atoms with Crippen LogP contribution in [-0.4, -0.2) is 34.7 Å². The molecule has 3 unspecified atom stereocenters. The highest BCUT2D eigenvalue weighted by Gasteiger charge is 2.51. The highest BCUT2D eigenvalue weighted by Crippen LogP contribution is 2.37. The summed E-state index contributed by atoms with van der Waals surface area (Å²) in [6, 6.07) is -0.472. The van der Waals surface area contributed by atoms with Crippen molar-refractivity contribution in [2.45, 2.75) is 77.3 Å². The first-order chi connectivity index (χ1) is 12.0. The lowest BCUT2D eigenvalue weighted by Gasteiger charge is -2.30. The maximum absolute atomic E-state index is 13.0. The van der Waals surface area contributed by atoms with Crippen LogP contribution in [0.2, 0.25) is 0 Å². The minimum absolute atomic E-state index is 0.145. The molecule has 0 spiro atoms. The fourth-order valence-corrected chi connectivity index (χ4v) is 4.45. The maximum atomic E-state index is 13.0. The summed E-state index contributed by atoms with van der Waals surface area (Å²) < 4.78 is 0. The standard InChI is InChI=1S/C20H30N2O3/c1-13(2)12-17(18(23)21-14-8-4-3-5-9-14)22-19(24)15-10-6-7-11-16(15)20(22)25/h6-7,13-17H,3-5,8-12H2,1-2H3,(H,21,23). The van der Waals surface area contributed by atoms with Gasteiger partial charge in [0.15, 0.2) is 0 Å². The minimum atomic E-state index is -0.660. The van der Waals surface area contributed by atoms with Gasteiger partial charge in [0.05, 0.1) is 11.8 Å². The van der Waals surface area contributed by atoms with E-state index in [4.69, 9.17) is 0 Å². The zero-order chi connectivity index (χ0) is 18.0. The normalized spacial score (nSPS) is 28.4. The molecule has 138 valence electrons. The van der Waals surface area contributed by atoms with E-state index in [-0.39, 0.29) is 41.5 Å². The molecule has 1 aliphatic heterocycles. The second kappa shape index (κ2) is 7.71. The first-order valence-corrected chi connectivity index (χ1v) is 9.81. The van der Waals surface area contributed by atoms with Crippen LogP contribution in [0.1, 0.15) is 65.2 Å². The zero-order valence-electron chi connectivity index (χ0n) is 15.4. The number of nitrogens with zero attached hydrogens (tertiary/aromatic N) is 1. The Morgan fingerprint density at radius 1 is 1.08 bits per heavy atom. The van der Waals surface area contributed by atoms with Crippen LogP contribution in [0.5, 0.6) is 0 Å². The van der Waals surface area contributed by atoms with Crippen molar-refractivity contribution in [2.24, 2.45) is 17.8 Å². The van der Waals surface area contributed by atoms with E-state index in [1.807, 2.05) is 26.0 Å². The predicted molar refractivity (Wildman–Crippen MR) is 95.5 cm³/mol. The number of hydrogen-bond acceptors (Lipinski definition) is 3. The van der Waals surface area contributed by atoms with Gasteiger partial charge in [0, 0.05) is 6.04 Å². The van der Waals surface area contributed by atoms with Crippen molar-refractivity contribution in [2.75, 3.05) is 0 Å². The van der Waals surface area contributed by atoms with Gasteiger partial charge in [-0.1, -0.05) is 45.3 Å². The second-order valence-electron chi connectivity index (χ2n) is 8.19. The number of hydrogen-bond donors (Lipinski definition) is 1. The summed E-state index contributed by atoms with van der Waals surface area (Å²) in [6.07, 6.45) is 11.2. The molecule has 3 atom stereocenters. The predicted octanol–water partition coefficient (Wildman–Crippen LogP) is 2.80. The molecule has 0 aromatic rings. The van der Waals surface area contributed by atoms with E-state index in [9.17, 15) is 14.4 Å². The second-order valence-corrected chi connectivity index (χ2v) is 8.19. The fourth-order valence-electron chi connectivity index (χ4n) is 4.45. The Hall–Kier alpha value is -1.65. The Morgan fingerprint density at radius 3 is 2.16 bits per heavy atom. The summed E-state index contributed by atoms with van der Waals surface area (Å²) in [5.41, 5.74) is 0. The summed E-state index contributed by atoms with van der Waals surface area (Å²) in [4.78, 5) is 40.0. The lowest BCUT2D eigenvalue weighted by molar-refractivity contribution is -0.148. The molecule has 3 aliphatic rings. The Kier molecular flexibility index (Phi) is 5.60. The van der Waals surface area contributed by atoms with Crippen molar-refractivity contribution in [1.29, 1.82) is 0 Å². The van der Waals surface area contributed by atoms with Gasteiger partial charge in [-0.25, -0.2) is 0 Å². The Bertz CT molecular complexity index is 537. The average Bonchev–Trinajstić information content (AvgIpc) is 2.85. The number of fused-ring (bicyclic) bond motifs is 1. The third-order valence-electron chi connectivity index (χ3n) is 5.80. The third-order valence-corrected chi connectivity index (χ3v) is 5.80. The largest absolute Gasteiger partial charge is 0.352 e. The van der Waals surface area contributed by atoms with Gasteiger partial charge in [-0.3, -0.25) is 19.3 Å². The number of allylic oxidation sites excluding steroid dienone is 2. The molecule has 2 aliphatic carbocycles. The molecule has 5 heteroatoms. The number of imide groups is 1. The number of likely N-dealkylation sites (tertiary alicyclic amines) is 1. The van der Waals surface area contributed by atoms with E-state index in [1.165, 1.54) is 11.3 Å². The van der Waals surface area contributed by atoms with Gasteiger partial charge >= 0.3 is 0 Å². The van der Waals surface area contributed by atoms with Gasteiger partial charge in [0.25, 0.3) is 0 Å². The van der Waals surface area contributed by atoms with Crippen molar-refractivity contribution < 1.29 is 14.4 Å². The van der Waals surface area contributed by atoms with Crippen molar-refractivity contribution in [3.63, 3.8) is 0 Å². The first-order valence-electron chi connectivity index (χ1n) is 9.81. The van der Waals surface area contributed by atoms with Crippen LogP contribution < -0.4 is 5.32 Å². The van der Waals surface area contributed by atoms with Gasteiger partial charge in [0.1, 0.15) is 6.04 Å². The molecule has 1 heterocycles. The van der Waals surface area contributed by atoms with E-state index >= 15 is 0 Å². The van der Waals surface area contributed by atoms with Gasteiger partial charge in [-0.2, -0.15) is 0 Å². The Labute approximate surface area is 150 Å². The first kappa shape index (κ1) is 18.2. The molecular weight excluding hydrogens is 316 g/mol. The molecule has 0 radical (unpaired) electrons.